The molecule has 102 valence electrons. The van der Waals surface area contributed by atoms with E-state index in [1.54, 1.807) is 6.92 Å². The molecule has 2 N–H and O–H groups in total. The Labute approximate surface area is 118 Å². The third kappa shape index (κ3) is 5.85. The molecule has 0 amide bonds. The first-order valence-corrected chi connectivity index (χ1v) is 6.91. The van der Waals surface area contributed by atoms with Gasteiger partial charge in [-0.15, -0.1) is 0 Å². The molecule has 0 aliphatic rings. The number of rotatable bonds is 5. The molecule has 18 heavy (non-hydrogen) atoms. The third-order valence-electron chi connectivity index (χ3n) is 2.31. The van der Waals surface area contributed by atoms with Gasteiger partial charge >= 0.3 is 0 Å². The summed E-state index contributed by atoms with van der Waals surface area (Å²) < 4.78 is 6.63. The Bertz CT molecular complexity index is 386. The van der Waals surface area contributed by atoms with E-state index < -0.39 is 6.10 Å². The topological polar surface area (TPSA) is 41.5 Å². The quantitative estimate of drug-likeness (QED) is 0.877. The number of benzene rings is 1. The molecule has 0 saturated carbocycles. The molecule has 1 atom stereocenters. The lowest BCUT2D eigenvalue weighted by Crippen LogP contribution is -2.35. The number of nitrogens with one attached hydrogen (secondary N) is 1. The van der Waals surface area contributed by atoms with Gasteiger partial charge in [0.25, 0.3) is 0 Å². The highest BCUT2D eigenvalue weighted by Crippen LogP contribution is 2.24. The summed E-state index contributed by atoms with van der Waals surface area (Å²) in [5.41, 5.74) is 1.14. The van der Waals surface area contributed by atoms with E-state index in [-0.39, 0.29) is 5.54 Å². The zero-order chi connectivity index (χ0) is 13.8. The van der Waals surface area contributed by atoms with E-state index in [2.05, 4.69) is 42.0 Å². The fourth-order valence-corrected chi connectivity index (χ4v) is 1.81. The van der Waals surface area contributed by atoms with Crippen molar-refractivity contribution in [2.24, 2.45) is 0 Å². The smallest absolute Gasteiger partial charge is 0.124 e. The van der Waals surface area contributed by atoms with Gasteiger partial charge in [0, 0.05) is 22.1 Å². The van der Waals surface area contributed by atoms with Crippen molar-refractivity contribution in [2.45, 2.75) is 45.9 Å². The molecule has 0 saturated heterocycles. The fraction of sp³-hybridized carbons (Fsp3) is 0.571. The SMILES string of the molecule is CC(O)COc1ccc(Br)cc1CNC(C)(C)C. The average molecular weight is 316 g/mol. The molecule has 0 aliphatic carbocycles. The second-order valence-electron chi connectivity index (χ2n) is 5.52. The molecular weight excluding hydrogens is 294 g/mol. The molecule has 1 aromatic carbocycles. The van der Waals surface area contributed by atoms with E-state index >= 15 is 0 Å². The van der Waals surface area contributed by atoms with Gasteiger partial charge in [-0.2, -0.15) is 0 Å². The summed E-state index contributed by atoms with van der Waals surface area (Å²) in [6.07, 6.45) is -0.461. The Balaban J connectivity index is 2.76. The molecule has 0 aromatic heterocycles. The van der Waals surface area contributed by atoms with Gasteiger partial charge in [-0.25, -0.2) is 0 Å². The Hall–Kier alpha value is -0.580. The Kier molecular flexibility index (Phi) is 5.63. The van der Waals surface area contributed by atoms with Crippen molar-refractivity contribution >= 4 is 15.9 Å². The third-order valence-corrected chi connectivity index (χ3v) is 2.80. The van der Waals surface area contributed by atoms with Crippen LogP contribution < -0.4 is 10.1 Å². The van der Waals surface area contributed by atoms with Gasteiger partial charge in [0.2, 0.25) is 0 Å². The highest BCUT2D eigenvalue weighted by molar-refractivity contribution is 9.10. The largest absolute Gasteiger partial charge is 0.491 e. The molecule has 3 nitrogen and oxygen atoms in total. The maximum Gasteiger partial charge on any atom is 0.124 e. The van der Waals surface area contributed by atoms with Crippen LogP contribution in [-0.2, 0) is 6.54 Å². The Morgan fingerprint density at radius 3 is 2.61 bits per heavy atom. The lowest BCUT2D eigenvalue weighted by molar-refractivity contribution is 0.122. The first kappa shape index (κ1) is 15.5. The van der Waals surface area contributed by atoms with E-state index in [9.17, 15) is 5.11 Å². The van der Waals surface area contributed by atoms with Gasteiger partial charge in [0.05, 0.1) is 6.10 Å². The van der Waals surface area contributed by atoms with Crippen molar-refractivity contribution in [1.82, 2.24) is 5.32 Å². The summed E-state index contributed by atoms with van der Waals surface area (Å²) in [6.45, 7) is 9.14. The van der Waals surface area contributed by atoms with Crippen molar-refractivity contribution < 1.29 is 9.84 Å². The highest BCUT2D eigenvalue weighted by atomic mass is 79.9. The van der Waals surface area contributed by atoms with Crippen LogP contribution in [0.2, 0.25) is 0 Å². The van der Waals surface area contributed by atoms with Crippen LogP contribution >= 0.6 is 15.9 Å². The fourth-order valence-electron chi connectivity index (χ4n) is 1.40. The van der Waals surface area contributed by atoms with Crippen LogP contribution in [0.3, 0.4) is 0 Å². The summed E-state index contributed by atoms with van der Waals surface area (Å²) >= 11 is 3.46. The maximum atomic E-state index is 9.27. The molecular formula is C14H22BrNO2. The van der Waals surface area contributed by atoms with Gasteiger partial charge in [-0.3, -0.25) is 0 Å². The van der Waals surface area contributed by atoms with Crippen LogP contribution in [0.5, 0.6) is 5.75 Å². The van der Waals surface area contributed by atoms with Crippen molar-refractivity contribution in [3.05, 3.63) is 28.2 Å². The molecule has 0 heterocycles. The number of hydrogen-bond donors (Lipinski definition) is 2. The molecule has 1 unspecified atom stereocenters. The zero-order valence-electron chi connectivity index (χ0n) is 11.5. The van der Waals surface area contributed by atoms with E-state index in [0.29, 0.717) is 6.61 Å². The number of halogens is 1. The predicted molar refractivity (Wildman–Crippen MR) is 77.9 cm³/mol. The number of aliphatic hydroxyl groups is 1. The van der Waals surface area contributed by atoms with Gasteiger partial charge in [-0.1, -0.05) is 15.9 Å². The summed E-state index contributed by atoms with van der Waals surface area (Å²) in [5.74, 6) is 0.816. The van der Waals surface area contributed by atoms with E-state index in [1.165, 1.54) is 0 Å². The van der Waals surface area contributed by atoms with Crippen LogP contribution in [0, 0.1) is 0 Å². The van der Waals surface area contributed by atoms with Crippen molar-refractivity contribution in [2.75, 3.05) is 6.61 Å². The zero-order valence-corrected chi connectivity index (χ0v) is 13.0. The molecule has 0 radical (unpaired) electrons. The van der Waals surface area contributed by atoms with E-state index in [0.717, 1.165) is 22.3 Å². The van der Waals surface area contributed by atoms with Gasteiger partial charge in [0.15, 0.2) is 0 Å². The van der Waals surface area contributed by atoms with E-state index in [4.69, 9.17) is 4.74 Å². The molecule has 0 aliphatic heterocycles. The first-order valence-electron chi connectivity index (χ1n) is 6.12. The number of hydrogen-bond acceptors (Lipinski definition) is 3. The second-order valence-corrected chi connectivity index (χ2v) is 6.43. The minimum Gasteiger partial charge on any atom is -0.491 e. The normalized spacial score (nSPS) is 13.4. The lowest BCUT2D eigenvalue weighted by atomic mass is 10.1. The molecule has 0 spiro atoms. The lowest BCUT2D eigenvalue weighted by Gasteiger charge is -2.22. The van der Waals surface area contributed by atoms with Crippen molar-refractivity contribution in [3.8, 4) is 5.75 Å². The molecule has 4 heteroatoms. The van der Waals surface area contributed by atoms with Gasteiger partial charge in [-0.05, 0) is 45.9 Å². The monoisotopic (exact) mass is 315 g/mol. The molecule has 1 aromatic rings. The molecule has 0 fully saturated rings. The molecule has 0 bridgehead atoms. The predicted octanol–water partition coefficient (Wildman–Crippen LogP) is 3.10. The van der Waals surface area contributed by atoms with Crippen LogP contribution in [0.25, 0.3) is 0 Å². The van der Waals surface area contributed by atoms with Crippen LogP contribution in [0.1, 0.15) is 33.3 Å². The van der Waals surface area contributed by atoms with Gasteiger partial charge in [0.1, 0.15) is 12.4 Å². The summed E-state index contributed by atoms with van der Waals surface area (Å²) in [4.78, 5) is 0. The summed E-state index contributed by atoms with van der Waals surface area (Å²) in [5, 5.41) is 12.7. The first-order chi connectivity index (χ1) is 8.28. The highest BCUT2D eigenvalue weighted by Gasteiger charge is 2.12. The maximum absolute atomic E-state index is 9.27. The van der Waals surface area contributed by atoms with Crippen molar-refractivity contribution in [1.29, 1.82) is 0 Å². The Morgan fingerprint density at radius 2 is 2.06 bits per heavy atom. The van der Waals surface area contributed by atoms with Gasteiger partial charge < -0.3 is 15.2 Å². The van der Waals surface area contributed by atoms with Crippen molar-refractivity contribution in [3.63, 3.8) is 0 Å². The second kappa shape index (κ2) is 6.55. The van der Waals surface area contributed by atoms with Crippen LogP contribution in [-0.4, -0.2) is 23.4 Å². The molecule has 1 rings (SSSR count). The minimum absolute atomic E-state index is 0.0594. The summed E-state index contributed by atoms with van der Waals surface area (Å²) in [6, 6.07) is 5.90. The van der Waals surface area contributed by atoms with E-state index in [1.807, 2.05) is 18.2 Å². The number of aliphatic hydroxyl groups excluding tert-OH is 1. The number of ether oxygens (including phenoxy) is 1. The minimum atomic E-state index is -0.461. The standard InChI is InChI=1S/C14H22BrNO2/c1-10(17)9-18-13-6-5-12(15)7-11(13)8-16-14(2,3)4/h5-7,10,16-17H,8-9H2,1-4H3. The van der Waals surface area contributed by atoms with Crippen LogP contribution in [0.4, 0.5) is 0 Å². The Morgan fingerprint density at radius 1 is 1.39 bits per heavy atom. The summed E-state index contributed by atoms with van der Waals surface area (Å²) in [7, 11) is 0. The average Bonchev–Trinajstić information content (AvgIpc) is 2.23. The van der Waals surface area contributed by atoms with Crippen LogP contribution in [0.15, 0.2) is 22.7 Å².